The van der Waals surface area contributed by atoms with Gasteiger partial charge in [0.25, 0.3) is 0 Å². The lowest BCUT2D eigenvalue weighted by Crippen LogP contribution is -2.29. The van der Waals surface area contributed by atoms with E-state index in [0.29, 0.717) is 29.8 Å². The van der Waals surface area contributed by atoms with Crippen molar-refractivity contribution in [3.8, 4) is 11.6 Å². The van der Waals surface area contributed by atoms with Gasteiger partial charge >= 0.3 is 6.03 Å². The second kappa shape index (κ2) is 10.5. The van der Waals surface area contributed by atoms with E-state index in [4.69, 9.17) is 26.2 Å². The molecule has 0 aliphatic heterocycles. The number of pyridine rings is 1. The van der Waals surface area contributed by atoms with Crippen LogP contribution in [0.2, 0.25) is 5.02 Å². The first kappa shape index (κ1) is 23.6. The van der Waals surface area contributed by atoms with Crippen molar-refractivity contribution in [2.45, 2.75) is 32.7 Å². The standard InChI is InChI=1S/C23H28ClN5O3/c1-23(2,3)20-13-19(29(28-20)18-7-5-6-16(24)12-18)15-26-22(30)27-17-8-9-21(25-14-17)32-11-10-31-4/h5-9,12-14H,10-11,15H2,1-4H3,(H2,26,27,30). The normalized spacial score (nSPS) is 11.3. The maximum atomic E-state index is 12.4. The smallest absolute Gasteiger partial charge is 0.319 e. The Bertz CT molecular complexity index is 1040. The average Bonchev–Trinajstić information content (AvgIpc) is 3.19. The fourth-order valence-electron chi connectivity index (χ4n) is 2.86. The minimum Gasteiger partial charge on any atom is -0.475 e. The molecular weight excluding hydrogens is 430 g/mol. The third-order valence-corrected chi connectivity index (χ3v) is 4.80. The van der Waals surface area contributed by atoms with Crippen molar-refractivity contribution in [2.75, 3.05) is 25.6 Å². The monoisotopic (exact) mass is 457 g/mol. The van der Waals surface area contributed by atoms with Gasteiger partial charge in [0.1, 0.15) is 6.61 Å². The van der Waals surface area contributed by atoms with Gasteiger partial charge in [-0.05, 0) is 30.3 Å². The van der Waals surface area contributed by atoms with Crippen LogP contribution >= 0.6 is 11.6 Å². The summed E-state index contributed by atoms with van der Waals surface area (Å²) in [6, 6.07) is 12.5. The van der Waals surface area contributed by atoms with Gasteiger partial charge in [0.15, 0.2) is 0 Å². The van der Waals surface area contributed by atoms with E-state index >= 15 is 0 Å². The summed E-state index contributed by atoms with van der Waals surface area (Å²) >= 11 is 6.17. The summed E-state index contributed by atoms with van der Waals surface area (Å²) in [6.45, 7) is 7.46. The van der Waals surface area contributed by atoms with Gasteiger partial charge in [0, 0.05) is 23.6 Å². The van der Waals surface area contributed by atoms with E-state index in [1.54, 1.807) is 23.9 Å². The molecule has 2 N–H and O–H groups in total. The molecule has 0 saturated carbocycles. The minimum absolute atomic E-state index is 0.139. The summed E-state index contributed by atoms with van der Waals surface area (Å²) < 4.78 is 12.2. The molecule has 0 spiro atoms. The summed E-state index contributed by atoms with van der Waals surface area (Å²) in [4.78, 5) is 16.6. The van der Waals surface area contributed by atoms with E-state index in [0.717, 1.165) is 17.1 Å². The summed E-state index contributed by atoms with van der Waals surface area (Å²) in [5.74, 6) is 0.466. The number of methoxy groups -OCH3 is 1. The Morgan fingerprint density at radius 2 is 1.97 bits per heavy atom. The van der Waals surface area contributed by atoms with Gasteiger partial charge in [-0.15, -0.1) is 0 Å². The predicted octanol–water partition coefficient (Wildman–Crippen LogP) is 4.57. The number of carbonyl (C=O) groups excluding carboxylic acids is 1. The molecule has 2 amide bonds. The molecule has 0 bridgehead atoms. The van der Waals surface area contributed by atoms with Crippen LogP contribution in [0, 0.1) is 0 Å². The van der Waals surface area contributed by atoms with Gasteiger partial charge in [-0.3, -0.25) is 0 Å². The number of urea groups is 1. The first-order valence-corrected chi connectivity index (χ1v) is 10.6. The van der Waals surface area contributed by atoms with E-state index < -0.39 is 0 Å². The molecule has 170 valence electrons. The lowest BCUT2D eigenvalue weighted by atomic mass is 9.92. The number of hydrogen-bond acceptors (Lipinski definition) is 5. The van der Waals surface area contributed by atoms with Crippen molar-refractivity contribution >= 4 is 23.3 Å². The number of nitrogens with one attached hydrogen (secondary N) is 2. The number of halogens is 1. The van der Waals surface area contributed by atoms with E-state index in [2.05, 4.69) is 36.4 Å². The van der Waals surface area contributed by atoms with Crippen LogP contribution in [0.3, 0.4) is 0 Å². The highest BCUT2D eigenvalue weighted by Crippen LogP contribution is 2.24. The molecule has 0 atom stereocenters. The molecule has 0 unspecified atom stereocenters. The summed E-state index contributed by atoms with van der Waals surface area (Å²) in [5, 5.41) is 11.0. The molecule has 0 radical (unpaired) electrons. The summed E-state index contributed by atoms with van der Waals surface area (Å²) in [6.07, 6.45) is 1.54. The molecule has 0 aliphatic carbocycles. The van der Waals surface area contributed by atoms with Crippen LogP contribution in [0.4, 0.5) is 10.5 Å². The molecule has 2 heterocycles. The highest BCUT2D eigenvalue weighted by atomic mass is 35.5. The lowest BCUT2D eigenvalue weighted by molar-refractivity contribution is 0.144. The maximum absolute atomic E-state index is 12.4. The van der Waals surface area contributed by atoms with Gasteiger partial charge in [0.05, 0.1) is 42.1 Å². The minimum atomic E-state index is -0.351. The second-order valence-corrected chi connectivity index (χ2v) is 8.63. The number of hydrogen-bond donors (Lipinski definition) is 2. The topological polar surface area (TPSA) is 90.3 Å². The highest BCUT2D eigenvalue weighted by molar-refractivity contribution is 6.30. The van der Waals surface area contributed by atoms with Gasteiger partial charge in [0.2, 0.25) is 5.88 Å². The van der Waals surface area contributed by atoms with Crippen molar-refractivity contribution < 1.29 is 14.3 Å². The van der Waals surface area contributed by atoms with E-state index in [9.17, 15) is 4.79 Å². The molecule has 3 rings (SSSR count). The number of amides is 2. The Morgan fingerprint density at radius 1 is 1.16 bits per heavy atom. The molecule has 2 aromatic heterocycles. The maximum Gasteiger partial charge on any atom is 0.319 e. The number of anilines is 1. The van der Waals surface area contributed by atoms with Gasteiger partial charge in [-0.1, -0.05) is 38.4 Å². The SMILES string of the molecule is COCCOc1ccc(NC(=O)NCc2cc(C(C)(C)C)nn2-c2cccc(Cl)c2)cn1. The number of benzene rings is 1. The third kappa shape index (κ3) is 6.45. The largest absolute Gasteiger partial charge is 0.475 e. The zero-order valence-electron chi connectivity index (χ0n) is 18.7. The van der Waals surface area contributed by atoms with Crippen molar-refractivity contribution in [1.29, 1.82) is 0 Å². The molecule has 0 aliphatic rings. The van der Waals surface area contributed by atoms with Crippen molar-refractivity contribution in [3.05, 3.63) is 65.1 Å². The molecule has 8 nitrogen and oxygen atoms in total. The Kier molecular flexibility index (Phi) is 7.71. The molecule has 0 fully saturated rings. The number of aromatic nitrogens is 3. The predicted molar refractivity (Wildman–Crippen MR) is 125 cm³/mol. The Labute approximate surface area is 192 Å². The Morgan fingerprint density at radius 3 is 2.62 bits per heavy atom. The first-order chi connectivity index (χ1) is 15.3. The van der Waals surface area contributed by atoms with Crippen LogP contribution in [-0.2, 0) is 16.7 Å². The second-order valence-electron chi connectivity index (χ2n) is 8.20. The van der Waals surface area contributed by atoms with Crippen LogP contribution in [0.25, 0.3) is 5.69 Å². The van der Waals surface area contributed by atoms with E-state index in [-0.39, 0.29) is 18.0 Å². The molecule has 1 aromatic carbocycles. The number of rotatable bonds is 8. The van der Waals surface area contributed by atoms with Crippen LogP contribution in [0.15, 0.2) is 48.7 Å². The zero-order valence-corrected chi connectivity index (χ0v) is 19.4. The zero-order chi connectivity index (χ0) is 23.1. The Hall–Kier alpha value is -3.10. The first-order valence-electron chi connectivity index (χ1n) is 10.2. The number of ether oxygens (including phenoxy) is 2. The molecule has 32 heavy (non-hydrogen) atoms. The fourth-order valence-corrected chi connectivity index (χ4v) is 3.04. The molecule has 0 saturated heterocycles. The summed E-state index contributed by atoms with van der Waals surface area (Å²) in [5.41, 5.74) is 3.01. The number of nitrogens with zero attached hydrogens (tertiary/aromatic N) is 3. The van der Waals surface area contributed by atoms with Gasteiger partial charge in [-0.25, -0.2) is 14.5 Å². The van der Waals surface area contributed by atoms with Crippen molar-refractivity contribution in [1.82, 2.24) is 20.1 Å². The van der Waals surface area contributed by atoms with Crippen LogP contribution in [0.5, 0.6) is 5.88 Å². The molecular formula is C23H28ClN5O3. The summed E-state index contributed by atoms with van der Waals surface area (Å²) in [7, 11) is 1.61. The van der Waals surface area contributed by atoms with Gasteiger partial charge in [-0.2, -0.15) is 5.10 Å². The van der Waals surface area contributed by atoms with E-state index in [1.807, 2.05) is 30.3 Å². The highest BCUT2D eigenvalue weighted by Gasteiger charge is 2.21. The quantitative estimate of drug-likeness (QED) is 0.484. The van der Waals surface area contributed by atoms with Crippen LogP contribution < -0.4 is 15.4 Å². The van der Waals surface area contributed by atoms with Crippen LogP contribution in [-0.4, -0.2) is 41.1 Å². The fraction of sp³-hybridized carbons (Fsp3) is 0.348. The Balaban J connectivity index is 1.66. The third-order valence-electron chi connectivity index (χ3n) is 4.57. The van der Waals surface area contributed by atoms with Crippen molar-refractivity contribution in [2.24, 2.45) is 0 Å². The average molecular weight is 458 g/mol. The molecule has 9 heteroatoms. The van der Waals surface area contributed by atoms with Crippen molar-refractivity contribution in [3.63, 3.8) is 0 Å². The van der Waals surface area contributed by atoms with Gasteiger partial charge < -0.3 is 20.1 Å². The molecule has 3 aromatic rings. The number of carbonyl (C=O) groups is 1. The van der Waals surface area contributed by atoms with Crippen LogP contribution in [0.1, 0.15) is 32.2 Å². The van der Waals surface area contributed by atoms with E-state index in [1.165, 1.54) is 6.20 Å². The lowest BCUT2D eigenvalue weighted by Gasteiger charge is -2.14.